The Hall–Kier alpha value is -0.560. The Morgan fingerprint density at radius 3 is 2.08 bits per heavy atom. The molecule has 2 saturated heterocycles. The van der Waals surface area contributed by atoms with Crippen LogP contribution in [-0.2, 0) is 28.4 Å². The molecule has 0 amide bonds. The van der Waals surface area contributed by atoms with Gasteiger partial charge in [0.25, 0.3) is 0 Å². The van der Waals surface area contributed by atoms with Crippen molar-refractivity contribution in [1.82, 2.24) is 0 Å². The molecule has 4 aliphatic carbocycles. The molecule has 0 spiro atoms. The fourth-order valence-electron chi connectivity index (χ4n) is 12.2. The number of ether oxygens (including phenoxy) is 6. The van der Waals surface area contributed by atoms with Crippen LogP contribution < -0.4 is 0 Å². The second-order valence-electron chi connectivity index (χ2n) is 18.0. The molecule has 14 heteroatoms. The van der Waals surface area contributed by atoms with Crippen molar-refractivity contribution in [3.05, 3.63) is 0 Å². The second-order valence-corrected chi connectivity index (χ2v) is 18.0. The molecule has 0 aromatic carbocycles. The average Bonchev–Trinajstić information content (AvgIpc) is 3.51. The molecule has 6 fully saturated rings. The molecule has 0 radical (unpaired) electrons. The Morgan fingerprint density at radius 1 is 0.750 bits per heavy atom. The van der Waals surface area contributed by atoms with Gasteiger partial charge in [-0.25, -0.2) is 0 Å². The van der Waals surface area contributed by atoms with Crippen LogP contribution in [0.1, 0.15) is 86.0 Å². The highest BCUT2D eigenvalue weighted by Crippen LogP contribution is 2.70. The zero-order chi connectivity index (χ0) is 38.1. The molecule has 2 aliphatic heterocycles. The highest BCUT2D eigenvalue weighted by Gasteiger charge is 2.71. The van der Waals surface area contributed by atoms with Crippen molar-refractivity contribution in [2.24, 2.45) is 46.3 Å². The first-order chi connectivity index (χ1) is 24.4. The van der Waals surface area contributed by atoms with Crippen molar-refractivity contribution in [2.45, 2.75) is 171 Å². The highest BCUT2D eigenvalue weighted by atomic mass is 16.8. The van der Waals surface area contributed by atoms with E-state index >= 15 is 0 Å². The molecule has 6 aliphatic rings. The van der Waals surface area contributed by atoms with Gasteiger partial charge in [0.1, 0.15) is 30.5 Å². The summed E-state index contributed by atoms with van der Waals surface area (Å²) in [6.07, 6.45) is -8.50. The van der Waals surface area contributed by atoms with E-state index in [0.29, 0.717) is 32.1 Å². The minimum atomic E-state index is -1.44. The predicted molar refractivity (Wildman–Crippen MR) is 184 cm³/mol. The van der Waals surface area contributed by atoms with Gasteiger partial charge < -0.3 is 69.3 Å². The quantitative estimate of drug-likeness (QED) is 0.146. The first kappa shape index (κ1) is 41.1. The number of aliphatic hydroxyl groups is 8. The first-order valence-electron chi connectivity index (χ1n) is 19.5. The van der Waals surface area contributed by atoms with E-state index in [9.17, 15) is 40.9 Å². The molecule has 14 nitrogen and oxygen atoms in total. The Kier molecular flexibility index (Phi) is 12.2. The summed E-state index contributed by atoms with van der Waals surface area (Å²) < 4.78 is 34.4. The van der Waals surface area contributed by atoms with Crippen LogP contribution >= 0.6 is 0 Å². The molecule has 52 heavy (non-hydrogen) atoms. The standard InChI is InChI=1S/C38H66O14/c1-17(2)23(50-33-29(44)30(45)34(51-33)52-35-31(48-7)28(43)24(47-6)16-49-35)9-8-18(3)19-14-21(40)32-36(19,4)13-11-25-37(5)12-10-20(39)27(42)26(37)22(41)15-38(25,32)46/h17-35,39-46H,8-16H2,1-7H3. The fourth-order valence-corrected chi connectivity index (χ4v) is 12.2. The van der Waals surface area contributed by atoms with Crippen LogP contribution in [0.3, 0.4) is 0 Å². The molecule has 6 rings (SSSR count). The van der Waals surface area contributed by atoms with Gasteiger partial charge in [-0.1, -0.05) is 34.6 Å². The van der Waals surface area contributed by atoms with Crippen molar-refractivity contribution in [3.8, 4) is 0 Å². The highest BCUT2D eigenvalue weighted by molar-refractivity contribution is 5.21. The van der Waals surface area contributed by atoms with Gasteiger partial charge in [-0.3, -0.25) is 0 Å². The summed E-state index contributed by atoms with van der Waals surface area (Å²) in [6.45, 7) is 10.5. The monoisotopic (exact) mass is 746 g/mol. The summed E-state index contributed by atoms with van der Waals surface area (Å²) >= 11 is 0. The number of hydrogen-bond donors (Lipinski definition) is 8. The summed E-state index contributed by atoms with van der Waals surface area (Å²) in [7, 11) is 2.86. The van der Waals surface area contributed by atoms with Crippen molar-refractivity contribution < 1.29 is 69.3 Å². The van der Waals surface area contributed by atoms with Crippen LogP contribution in [0, 0.1) is 46.3 Å². The molecule has 0 bridgehead atoms. The Morgan fingerprint density at radius 2 is 1.42 bits per heavy atom. The average molecular weight is 747 g/mol. The van der Waals surface area contributed by atoms with E-state index in [1.54, 1.807) is 0 Å². The van der Waals surface area contributed by atoms with Crippen LogP contribution in [-0.4, -0.2) is 147 Å². The third-order valence-electron chi connectivity index (χ3n) is 14.9. The van der Waals surface area contributed by atoms with E-state index in [2.05, 4.69) is 13.8 Å². The second kappa shape index (κ2) is 15.4. The summed E-state index contributed by atoms with van der Waals surface area (Å²) in [5.41, 5.74) is -2.25. The predicted octanol–water partition coefficient (Wildman–Crippen LogP) is 0.659. The smallest absolute Gasteiger partial charge is 0.192 e. The number of hydrogen-bond acceptors (Lipinski definition) is 14. The SMILES string of the molecule is COC1COC(OC2OC(OC(CCC(C)C3CC(O)C4C3(C)CCC3C5(C)CCC(O)C(O)C5C(O)CC34O)C(C)C)C(O)C2O)C(OC)C1O. The normalized spacial score (nSPS) is 53.3. The number of aliphatic hydroxyl groups excluding tert-OH is 7. The van der Waals surface area contributed by atoms with Crippen LogP contribution in [0.25, 0.3) is 0 Å². The molecular formula is C38H66O14. The summed E-state index contributed by atoms with van der Waals surface area (Å²) in [5, 5.41) is 89.5. The van der Waals surface area contributed by atoms with E-state index in [-0.39, 0.29) is 48.2 Å². The third-order valence-corrected chi connectivity index (χ3v) is 14.9. The molecule has 302 valence electrons. The lowest BCUT2D eigenvalue weighted by molar-refractivity contribution is -0.336. The molecule has 21 atom stereocenters. The molecule has 8 N–H and O–H groups in total. The molecule has 4 saturated carbocycles. The maximum Gasteiger partial charge on any atom is 0.192 e. The molecule has 0 aromatic heterocycles. The van der Waals surface area contributed by atoms with Gasteiger partial charge in [0, 0.05) is 32.5 Å². The van der Waals surface area contributed by atoms with Gasteiger partial charge in [-0.2, -0.15) is 0 Å². The fraction of sp³-hybridized carbons (Fsp3) is 1.00. The largest absolute Gasteiger partial charge is 0.393 e. The number of fused-ring (bicyclic) bond motifs is 5. The number of rotatable bonds is 11. The van der Waals surface area contributed by atoms with Gasteiger partial charge in [0.05, 0.1) is 42.7 Å². The Labute approximate surface area is 307 Å². The minimum absolute atomic E-state index is 0.0374. The van der Waals surface area contributed by atoms with Gasteiger partial charge in [-0.15, -0.1) is 0 Å². The Balaban J connectivity index is 1.09. The maximum absolute atomic E-state index is 12.6. The summed E-state index contributed by atoms with van der Waals surface area (Å²) in [6, 6.07) is 0. The first-order valence-corrected chi connectivity index (χ1v) is 19.5. The Bertz CT molecular complexity index is 1210. The van der Waals surface area contributed by atoms with Crippen LogP contribution in [0.5, 0.6) is 0 Å². The minimum Gasteiger partial charge on any atom is -0.393 e. The summed E-state index contributed by atoms with van der Waals surface area (Å²) in [4.78, 5) is 0. The van der Waals surface area contributed by atoms with E-state index in [1.165, 1.54) is 14.2 Å². The molecule has 21 unspecified atom stereocenters. The van der Waals surface area contributed by atoms with Crippen LogP contribution in [0.4, 0.5) is 0 Å². The van der Waals surface area contributed by atoms with E-state index in [1.807, 2.05) is 20.8 Å². The van der Waals surface area contributed by atoms with Crippen molar-refractivity contribution in [1.29, 1.82) is 0 Å². The zero-order valence-electron chi connectivity index (χ0n) is 31.9. The van der Waals surface area contributed by atoms with Crippen molar-refractivity contribution >= 4 is 0 Å². The van der Waals surface area contributed by atoms with Gasteiger partial charge >= 0.3 is 0 Å². The lowest BCUT2D eigenvalue weighted by atomic mass is 9.41. The van der Waals surface area contributed by atoms with Crippen molar-refractivity contribution in [2.75, 3.05) is 20.8 Å². The molecular weight excluding hydrogens is 680 g/mol. The van der Waals surface area contributed by atoms with Gasteiger partial charge in [-0.05, 0) is 79.4 Å². The van der Waals surface area contributed by atoms with Crippen molar-refractivity contribution in [3.63, 3.8) is 0 Å². The van der Waals surface area contributed by atoms with E-state index < -0.39 is 96.7 Å². The third kappa shape index (κ3) is 6.82. The maximum atomic E-state index is 12.6. The molecule has 0 aromatic rings. The van der Waals surface area contributed by atoms with E-state index in [4.69, 9.17) is 28.4 Å². The molecule has 2 heterocycles. The lowest BCUT2D eigenvalue weighted by Gasteiger charge is -2.66. The lowest BCUT2D eigenvalue weighted by Crippen LogP contribution is -2.70. The van der Waals surface area contributed by atoms with Crippen LogP contribution in [0.15, 0.2) is 0 Å². The van der Waals surface area contributed by atoms with Crippen LogP contribution in [0.2, 0.25) is 0 Å². The zero-order valence-corrected chi connectivity index (χ0v) is 31.9. The number of methoxy groups -OCH3 is 2. The topological polar surface area (TPSA) is 217 Å². The van der Waals surface area contributed by atoms with Gasteiger partial charge in [0.15, 0.2) is 18.9 Å². The van der Waals surface area contributed by atoms with E-state index in [0.717, 1.165) is 12.8 Å². The van der Waals surface area contributed by atoms with Gasteiger partial charge in [0.2, 0.25) is 0 Å². The summed E-state index contributed by atoms with van der Waals surface area (Å²) in [5.74, 6) is -0.905.